The second-order valence-corrected chi connectivity index (χ2v) is 9.57. The van der Waals surface area contributed by atoms with E-state index >= 15 is 0 Å². The van der Waals surface area contributed by atoms with Crippen molar-refractivity contribution in [3.05, 3.63) is 77.6 Å². The Labute approximate surface area is 179 Å². The van der Waals surface area contributed by atoms with Crippen LogP contribution in [0.2, 0.25) is 0 Å². The Hall–Kier alpha value is -2.39. The van der Waals surface area contributed by atoms with E-state index in [1.165, 1.54) is 16.3 Å². The summed E-state index contributed by atoms with van der Waals surface area (Å²) >= 11 is 0. The highest BCUT2D eigenvalue weighted by molar-refractivity contribution is 5.86. The van der Waals surface area contributed by atoms with Crippen LogP contribution in [0.25, 0.3) is 10.8 Å². The molecule has 0 radical (unpaired) electrons. The van der Waals surface area contributed by atoms with Gasteiger partial charge in [0.25, 0.3) is 0 Å². The molecule has 0 aliphatic heterocycles. The van der Waals surface area contributed by atoms with Crippen molar-refractivity contribution in [2.45, 2.75) is 70.6 Å². The molecule has 2 nitrogen and oxygen atoms in total. The molecular formula is C27H32FNO. The lowest BCUT2D eigenvalue weighted by molar-refractivity contribution is 0.124. The molecule has 3 aromatic carbocycles. The Kier molecular flexibility index (Phi) is 5.84. The molecule has 0 spiro atoms. The largest absolute Gasteiger partial charge is 0.485 e. The van der Waals surface area contributed by atoms with E-state index in [1.54, 1.807) is 12.1 Å². The van der Waals surface area contributed by atoms with Crippen molar-refractivity contribution < 1.29 is 9.13 Å². The number of hydrogen-bond acceptors (Lipinski definition) is 2. The summed E-state index contributed by atoms with van der Waals surface area (Å²) in [6.45, 7) is 8.05. The Balaban J connectivity index is 1.43. The first-order valence-electron chi connectivity index (χ1n) is 11.0. The predicted octanol–water partition coefficient (Wildman–Crippen LogP) is 7.14. The van der Waals surface area contributed by atoms with Gasteiger partial charge in [-0.05, 0) is 86.9 Å². The average molecular weight is 406 g/mol. The Morgan fingerprint density at radius 1 is 1.00 bits per heavy atom. The Morgan fingerprint density at radius 2 is 1.77 bits per heavy atom. The fourth-order valence-electron chi connectivity index (χ4n) is 4.69. The molecule has 0 aromatic heterocycles. The standard InChI is InChI=1S/C27H32FNO/c1-18(23-11-7-9-19-8-5-6-10-24(19)23)29-22-14-12-20(16-22)21-13-15-26(25(28)17-21)30-27(2,3)4/h5-11,13,15,17-18,20,22,29H,12,14,16H2,1-4H3/t18-,20-,22+/m1/s1. The summed E-state index contributed by atoms with van der Waals surface area (Å²) in [5.41, 5.74) is 2.02. The Morgan fingerprint density at radius 3 is 2.53 bits per heavy atom. The van der Waals surface area contributed by atoms with E-state index < -0.39 is 5.60 Å². The van der Waals surface area contributed by atoms with Crippen molar-refractivity contribution in [3.63, 3.8) is 0 Å². The molecule has 30 heavy (non-hydrogen) atoms. The van der Waals surface area contributed by atoms with Crippen LogP contribution in [-0.2, 0) is 0 Å². The van der Waals surface area contributed by atoms with Crippen LogP contribution >= 0.6 is 0 Å². The van der Waals surface area contributed by atoms with Gasteiger partial charge in [-0.3, -0.25) is 0 Å². The summed E-state index contributed by atoms with van der Waals surface area (Å²) in [7, 11) is 0. The summed E-state index contributed by atoms with van der Waals surface area (Å²) in [6, 6.07) is 21.3. The second kappa shape index (κ2) is 8.39. The number of nitrogens with one attached hydrogen (secondary N) is 1. The molecule has 3 aromatic rings. The molecule has 0 bridgehead atoms. The molecular weight excluding hydrogens is 373 g/mol. The predicted molar refractivity (Wildman–Crippen MR) is 123 cm³/mol. The van der Waals surface area contributed by atoms with Gasteiger partial charge in [-0.2, -0.15) is 0 Å². The fourth-order valence-corrected chi connectivity index (χ4v) is 4.69. The smallest absolute Gasteiger partial charge is 0.165 e. The zero-order chi connectivity index (χ0) is 21.3. The van der Waals surface area contributed by atoms with Crippen LogP contribution in [0, 0.1) is 5.82 Å². The maximum absolute atomic E-state index is 14.6. The number of fused-ring (bicyclic) bond motifs is 1. The molecule has 158 valence electrons. The molecule has 3 heteroatoms. The van der Waals surface area contributed by atoms with Crippen LogP contribution in [0.3, 0.4) is 0 Å². The van der Waals surface area contributed by atoms with E-state index in [0.29, 0.717) is 17.7 Å². The topological polar surface area (TPSA) is 21.3 Å². The molecule has 1 fully saturated rings. The monoisotopic (exact) mass is 405 g/mol. The molecule has 0 unspecified atom stereocenters. The lowest BCUT2D eigenvalue weighted by Crippen LogP contribution is -2.29. The number of ether oxygens (including phenoxy) is 1. The molecule has 1 aliphatic rings. The minimum Gasteiger partial charge on any atom is -0.485 e. The van der Waals surface area contributed by atoms with Gasteiger partial charge in [0.05, 0.1) is 0 Å². The van der Waals surface area contributed by atoms with Crippen molar-refractivity contribution in [1.82, 2.24) is 5.32 Å². The minimum absolute atomic E-state index is 0.261. The average Bonchev–Trinajstić information content (AvgIpc) is 3.16. The summed E-state index contributed by atoms with van der Waals surface area (Å²) in [6.07, 6.45) is 3.23. The first kappa shape index (κ1) is 20.9. The lowest BCUT2D eigenvalue weighted by Gasteiger charge is -2.23. The molecule has 1 saturated carbocycles. The highest BCUT2D eigenvalue weighted by atomic mass is 19.1. The van der Waals surface area contributed by atoms with Crippen LogP contribution < -0.4 is 10.1 Å². The SMILES string of the molecule is C[C@@H](N[C@H]1CC[C@@H](c2ccc(OC(C)(C)C)c(F)c2)C1)c1cccc2ccccc12. The maximum atomic E-state index is 14.6. The lowest BCUT2D eigenvalue weighted by atomic mass is 9.96. The summed E-state index contributed by atoms with van der Waals surface area (Å²) in [5, 5.41) is 6.42. The molecule has 3 atom stereocenters. The van der Waals surface area contributed by atoms with E-state index in [1.807, 2.05) is 26.8 Å². The van der Waals surface area contributed by atoms with Gasteiger partial charge in [0, 0.05) is 12.1 Å². The molecule has 4 rings (SSSR count). The third-order valence-corrected chi connectivity index (χ3v) is 6.05. The zero-order valence-corrected chi connectivity index (χ0v) is 18.4. The van der Waals surface area contributed by atoms with E-state index in [9.17, 15) is 4.39 Å². The third-order valence-electron chi connectivity index (χ3n) is 6.05. The van der Waals surface area contributed by atoms with Gasteiger partial charge in [0.1, 0.15) is 5.60 Å². The van der Waals surface area contributed by atoms with Crippen LogP contribution in [0.15, 0.2) is 60.7 Å². The zero-order valence-electron chi connectivity index (χ0n) is 18.4. The highest BCUT2D eigenvalue weighted by Gasteiger charge is 2.28. The molecule has 1 aliphatic carbocycles. The van der Waals surface area contributed by atoms with Gasteiger partial charge < -0.3 is 10.1 Å². The normalized spacial score (nSPS) is 20.4. The summed E-state index contributed by atoms with van der Waals surface area (Å²) in [4.78, 5) is 0. The van der Waals surface area contributed by atoms with E-state index in [-0.39, 0.29) is 11.9 Å². The van der Waals surface area contributed by atoms with Gasteiger partial charge in [-0.1, -0.05) is 48.5 Å². The van der Waals surface area contributed by atoms with Crippen LogP contribution in [0.1, 0.15) is 70.0 Å². The summed E-state index contributed by atoms with van der Waals surface area (Å²) < 4.78 is 20.3. The first-order valence-corrected chi connectivity index (χ1v) is 11.0. The van der Waals surface area contributed by atoms with Crippen molar-refractivity contribution in [2.24, 2.45) is 0 Å². The maximum Gasteiger partial charge on any atom is 0.165 e. The van der Waals surface area contributed by atoms with Crippen molar-refractivity contribution in [3.8, 4) is 5.75 Å². The van der Waals surface area contributed by atoms with Crippen LogP contribution in [0.5, 0.6) is 5.75 Å². The van der Waals surface area contributed by atoms with Gasteiger partial charge in [0.2, 0.25) is 0 Å². The molecule has 0 amide bonds. The van der Waals surface area contributed by atoms with Crippen LogP contribution in [-0.4, -0.2) is 11.6 Å². The number of benzene rings is 3. The fraction of sp³-hybridized carbons (Fsp3) is 0.407. The third kappa shape index (κ3) is 4.67. The Bertz CT molecular complexity index is 1020. The van der Waals surface area contributed by atoms with E-state index in [2.05, 4.69) is 54.7 Å². The van der Waals surface area contributed by atoms with E-state index in [4.69, 9.17) is 4.74 Å². The van der Waals surface area contributed by atoms with E-state index in [0.717, 1.165) is 24.8 Å². The van der Waals surface area contributed by atoms with Gasteiger partial charge >= 0.3 is 0 Å². The van der Waals surface area contributed by atoms with Gasteiger partial charge in [-0.15, -0.1) is 0 Å². The van der Waals surface area contributed by atoms with Gasteiger partial charge in [-0.25, -0.2) is 4.39 Å². The minimum atomic E-state index is -0.400. The number of hydrogen-bond donors (Lipinski definition) is 1. The molecule has 1 N–H and O–H groups in total. The second-order valence-electron chi connectivity index (χ2n) is 9.57. The van der Waals surface area contributed by atoms with Crippen molar-refractivity contribution in [2.75, 3.05) is 0 Å². The van der Waals surface area contributed by atoms with Crippen molar-refractivity contribution >= 4 is 10.8 Å². The number of halogens is 1. The van der Waals surface area contributed by atoms with Gasteiger partial charge in [0.15, 0.2) is 11.6 Å². The van der Waals surface area contributed by atoms with Crippen molar-refractivity contribution in [1.29, 1.82) is 0 Å². The first-order chi connectivity index (χ1) is 14.3. The number of rotatable bonds is 5. The summed E-state index contributed by atoms with van der Waals surface area (Å²) in [5.74, 6) is 0.465. The molecule has 0 saturated heterocycles. The highest BCUT2D eigenvalue weighted by Crippen LogP contribution is 2.37. The quantitative estimate of drug-likeness (QED) is 0.487. The van der Waals surface area contributed by atoms with Crippen LogP contribution in [0.4, 0.5) is 4.39 Å². The molecule has 0 heterocycles.